The molecule has 0 aromatic heterocycles. The summed E-state index contributed by atoms with van der Waals surface area (Å²) < 4.78 is 0. The van der Waals surface area contributed by atoms with Crippen molar-refractivity contribution in [3.05, 3.63) is 0 Å². The summed E-state index contributed by atoms with van der Waals surface area (Å²) in [6.45, 7) is 4.75. The van der Waals surface area contributed by atoms with Crippen LogP contribution in [-0.2, 0) is 0 Å². The average molecular weight is 254 g/mol. The molecule has 0 N–H and O–H groups in total. The average Bonchev–Trinajstić information content (AvgIpc) is 2.40. The fourth-order valence-electron chi connectivity index (χ4n) is 3.81. The molecular weight excluding hydrogens is 223 g/mol. The molecule has 0 unspecified atom stereocenters. The first kappa shape index (κ1) is 13.9. The van der Waals surface area contributed by atoms with Gasteiger partial charge in [0.05, 0.1) is 0 Å². The Hall–Kier alpha value is 0.430. The predicted octanol–water partition coefficient (Wildman–Crippen LogP) is 5.60. The monoisotopic (exact) mass is 254 g/mol. The predicted molar refractivity (Wildman–Crippen MR) is 80.4 cm³/mol. The van der Waals surface area contributed by atoms with Crippen LogP contribution in [0.2, 0.25) is 0 Å². The van der Waals surface area contributed by atoms with E-state index in [2.05, 4.69) is 13.8 Å². The van der Waals surface area contributed by atoms with Crippen LogP contribution in [0.3, 0.4) is 0 Å². The van der Waals surface area contributed by atoms with Crippen molar-refractivity contribution in [2.45, 2.75) is 89.4 Å². The summed E-state index contributed by atoms with van der Waals surface area (Å²) >= 11 is 0. The van der Waals surface area contributed by atoms with Gasteiger partial charge in [0.25, 0.3) is 0 Å². The Kier molecular flexibility index (Phi) is 5.81. The lowest BCUT2D eigenvalue weighted by molar-refractivity contribution is 0.342. The van der Waals surface area contributed by atoms with Gasteiger partial charge in [-0.3, -0.25) is 0 Å². The standard InChI is InChI=1S/C16H31P/c1-3-13-5-9-15(10-6-13)17-16-11-7-14(4-2)8-12-16/h13-17H,3-12H2,1-2H3. The van der Waals surface area contributed by atoms with E-state index in [4.69, 9.17) is 0 Å². The van der Waals surface area contributed by atoms with E-state index in [9.17, 15) is 0 Å². The third kappa shape index (κ3) is 4.23. The zero-order valence-corrected chi connectivity index (χ0v) is 12.9. The molecule has 0 aliphatic heterocycles. The molecule has 0 amide bonds. The van der Waals surface area contributed by atoms with Gasteiger partial charge in [-0.15, -0.1) is 8.58 Å². The van der Waals surface area contributed by atoms with Gasteiger partial charge < -0.3 is 0 Å². The zero-order valence-electron chi connectivity index (χ0n) is 11.9. The largest absolute Gasteiger partial charge is 0.116 e. The highest BCUT2D eigenvalue weighted by Crippen LogP contribution is 2.44. The Morgan fingerprint density at radius 1 is 0.647 bits per heavy atom. The highest BCUT2D eigenvalue weighted by atomic mass is 31.1. The zero-order chi connectivity index (χ0) is 12.1. The number of hydrogen-bond acceptors (Lipinski definition) is 0. The third-order valence-electron chi connectivity index (χ3n) is 5.32. The van der Waals surface area contributed by atoms with Crippen LogP contribution in [0.1, 0.15) is 78.1 Å². The lowest BCUT2D eigenvalue weighted by atomic mass is 9.87. The van der Waals surface area contributed by atoms with E-state index < -0.39 is 0 Å². The van der Waals surface area contributed by atoms with Crippen LogP contribution >= 0.6 is 8.58 Å². The molecule has 2 rings (SSSR count). The first-order valence-corrected chi connectivity index (χ1v) is 9.23. The van der Waals surface area contributed by atoms with Crippen molar-refractivity contribution in [2.75, 3.05) is 0 Å². The summed E-state index contributed by atoms with van der Waals surface area (Å²) in [5.74, 6) is 2.15. The van der Waals surface area contributed by atoms with E-state index in [0.717, 1.165) is 23.2 Å². The van der Waals surface area contributed by atoms with Crippen LogP contribution in [-0.4, -0.2) is 11.3 Å². The van der Waals surface area contributed by atoms with Gasteiger partial charge >= 0.3 is 0 Å². The summed E-state index contributed by atoms with van der Waals surface area (Å²) in [6, 6.07) is 0. The van der Waals surface area contributed by atoms with Crippen LogP contribution < -0.4 is 0 Å². The normalized spacial score (nSPS) is 39.9. The summed E-state index contributed by atoms with van der Waals surface area (Å²) in [7, 11) is 1.31. The minimum Gasteiger partial charge on any atom is -0.116 e. The lowest BCUT2D eigenvalue weighted by Crippen LogP contribution is -2.20. The molecule has 1 heteroatoms. The van der Waals surface area contributed by atoms with Gasteiger partial charge in [-0.1, -0.05) is 26.7 Å². The molecule has 2 saturated carbocycles. The van der Waals surface area contributed by atoms with Crippen LogP contribution in [0.15, 0.2) is 0 Å². The van der Waals surface area contributed by atoms with E-state index in [1.54, 1.807) is 51.4 Å². The second-order valence-corrected chi connectivity index (χ2v) is 8.38. The Bertz CT molecular complexity index is 176. The SMILES string of the molecule is CCC1CCC(PC2CCC(CC)CC2)CC1. The second kappa shape index (κ2) is 7.13. The Morgan fingerprint density at radius 3 is 1.29 bits per heavy atom. The summed E-state index contributed by atoms with van der Waals surface area (Å²) in [5, 5.41) is 0. The molecule has 0 aromatic rings. The van der Waals surface area contributed by atoms with E-state index >= 15 is 0 Å². The molecule has 2 aliphatic rings. The van der Waals surface area contributed by atoms with E-state index in [1.165, 1.54) is 21.4 Å². The minimum absolute atomic E-state index is 1.08. The van der Waals surface area contributed by atoms with E-state index in [-0.39, 0.29) is 0 Å². The molecular formula is C16H31P. The Balaban J connectivity index is 1.65. The Morgan fingerprint density at radius 2 is 1.00 bits per heavy atom. The fraction of sp³-hybridized carbons (Fsp3) is 1.00. The van der Waals surface area contributed by atoms with Crippen molar-refractivity contribution in [3.63, 3.8) is 0 Å². The molecule has 100 valence electrons. The Labute approximate surface area is 110 Å². The van der Waals surface area contributed by atoms with Crippen LogP contribution in [0, 0.1) is 11.8 Å². The first-order valence-electron chi connectivity index (χ1n) is 8.07. The molecule has 17 heavy (non-hydrogen) atoms. The van der Waals surface area contributed by atoms with Crippen molar-refractivity contribution in [2.24, 2.45) is 11.8 Å². The maximum absolute atomic E-state index is 2.37. The third-order valence-corrected chi connectivity index (χ3v) is 7.42. The van der Waals surface area contributed by atoms with Crippen molar-refractivity contribution in [1.82, 2.24) is 0 Å². The highest BCUT2D eigenvalue weighted by Gasteiger charge is 2.25. The lowest BCUT2D eigenvalue weighted by Gasteiger charge is -2.33. The fourth-order valence-corrected chi connectivity index (χ4v) is 5.81. The molecule has 0 atom stereocenters. The summed E-state index contributed by atoms with van der Waals surface area (Å²) in [6.07, 6.45) is 15.3. The smallest absolute Gasteiger partial charge is 0.0234 e. The van der Waals surface area contributed by atoms with Crippen molar-refractivity contribution >= 4 is 8.58 Å². The number of rotatable bonds is 4. The van der Waals surface area contributed by atoms with Gasteiger partial charge in [-0.2, -0.15) is 0 Å². The first-order chi connectivity index (χ1) is 8.31. The second-order valence-electron chi connectivity index (χ2n) is 6.42. The summed E-state index contributed by atoms with van der Waals surface area (Å²) in [5.41, 5.74) is 2.25. The molecule has 0 nitrogen and oxygen atoms in total. The molecule has 0 bridgehead atoms. The van der Waals surface area contributed by atoms with Gasteiger partial charge in [0.2, 0.25) is 0 Å². The van der Waals surface area contributed by atoms with Crippen LogP contribution in [0.4, 0.5) is 0 Å². The van der Waals surface area contributed by atoms with Crippen LogP contribution in [0.25, 0.3) is 0 Å². The maximum atomic E-state index is 2.37. The molecule has 0 radical (unpaired) electrons. The maximum Gasteiger partial charge on any atom is -0.0234 e. The van der Waals surface area contributed by atoms with Gasteiger partial charge in [0, 0.05) is 0 Å². The number of hydrogen-bond donors (Lipinski definition) is 0. The van der Waals surface area contributed by atoms with Crippen LogP contribution in [0.5, 0.6) is 0 Å². The topological polar surface area (TPSA) is 0 Å². The quantitative estimate of drug-likeness (QED) is 0.573. The minimum atomic E-state index is 1.08. The van der Waals surface area contributed by atoms with Gasteiger partial charge in [0.15, 0.2) is 0 Å². The van der Waals surface area contributed by atoms with Gasteiger partial charge in [-0.25, -0.2) is 0 Å². The molecule has 0 saturated heterocycles. The molecule has 0 spiro atoms. The summed E-state index contributed by atoms with van der Waals surface area (Å²) in [4.78, 5) is 0. The van der Waals surface area contributed by atoms with Gasteiger partial charge in [-0.05, 0) is 74.5 Å². The van der Waals surface area contributed by atoms with Crippen molar-refractivity contribution in [3.8, 4) is 0 Å². The van der Waals surface area contributed by atoms with Crippen molar-refractivity contribution < 1.29 is 0 Å². The molecule has 0 heterocycles. The van der Waals surface area contributed by atoms with E-state index in [1.807, 2.05) is 0 Å². The highest BCUT2D eigenvalue weighted by molar-refractivity contribution is 7.39. The van der Waals surface area contributed by atoms with Crippen molar-refractivity contribution in [1.29, 1.82) is 0 Å². The van der Waals surface area contributed by atoms with Gasteiger partial charge in [0.1, 0.15) is 0 Å². The molecule has 2 fully saturated rings. The van der Waals surface area contributed by atoms with E-state index in [0.29, 0.717) is 0 Å². The molecule has 0 aromatic carbocycles. The molecule has 2 aliphatic carbocycles.